The lowest BCUT2D eigenvalue weighted by molar-refractivity contribution is 0.393. The number of aryl methyl sites for hydroxylation is 5. The average Bonchev–Trinajstić information content (AvgIpc) is 3.38. The maximum Gasteiger partial charge on any atom is 0.142 e. The Morgan fingerprint density at radius 2 is 1.80 bits per heavy atom. The van der Waals surface area contributed by atoms with Crippen molar-refractivity contribution in [1.82, 2.24) is 29.9 Å². The van der Waals surface area contributed by atoms with E-state index in [1.165, 1.54) is 11.3 Å². The number of nitrogens with one attached hydrogen (secondary N) is 1. The molecule has 0 radical (unpaired) electrons. The molecule has 0 fully saturated rings. The zero-order chi connectivity index (χ0) is 25.2. The van der Waals surface area contributed by atoms with E-state index >= 15 is 0 Å². The molecule has 1 aromatic carbocycles. The molecule has 1 N–H and O–H groups in total. The van der Waals surface area contributed by atoms with Crippen LogP contribution in [0.1, 0.15) is 60.7 Å². The molecule has 0 spiro atoms. The predicted molar refractivity (Wildman–Crippen MR) is 137 cm³/mol. The van der Waals surface area contributed by atoms with E-state index < -0.39 is 0 Å². The van der Waals surface area contributed by atoms with Gasteiger partial charge < -0.3 is 14.2 Å². The third kappa shape index (κ3) is 3.68. The number of H-pyrrole nitrogens is 1. The van der Waals surface area contributed by atoms with Crippen molar-refractivity contribution in [3.05, 3.63) is 52.1 Å². The second kappa shape index (κ2) is 7.93. The standard InChI is InChI=1S/C27H32N6O2/c1-13-17(25(27(5,6)7)33(8)31-13)10-21-24-18-12-22(34-9)19(23-14(2)32-35-15(23)3)11-20(18)30-26(24)29-16(4)28-21/h11-12H,10H2,1-9H3,(H,28,29,30). The number of hydrogen-bond donors (Lipinski definition) is 1. The molecule has 0 aliphatic heterocycles. The van der Waals surface area contributed by atoms with Crippen molar-refractivity contribution in [1.29, 1.82) is 0 Å². The molecule has 0 bridgehead atoms. The first-order valence-electron chi connectivity index (χ1n) is 11.8. The van der Waals surface area contributed by atoms with Crippen molar-refractivity contribution in [2.75, 3.05) is 7.11 Å². The molecule has 8 heteroatoms. The molecule has 5 aromatic rings. The monoisotopic (exact) mass is 472 g/mol. The van der Waals surface area contributed by atoms with Crippen LogP contribution in [0, 0.1) is 27.7 Å². The molecule has 4 aromatic heterocycles. The Labute approximate surface area is 204 Å². The maximum absolute atomic E-state index is 5.84. The highest BCUT2D eigenvalue weighted by Crippen LogP contribution is 2.40. The molecule has 0 atom stereocenters. The molecule has 4 heterocycles. The van der Waals surface area contributed by atoms with Crippen LogP contribution in [0.15, 0.2) is 16.7 Å². The van der Waals surface area contributed by atoms with Gasteiger partial charge in [-0.25, -0.2) is 9.97 Å². The Hall–Kier alpha value is -3.68. The number of nitrogens with zero attached hydrogens (tertiary/aromatic N) is 5. The number of benzene rings is 1. The largest absolute Gasteiger partial charge is 0.496 e. The van der Waals surface area contributed by atoms with Crippen LogP contribution in [-0.2, 0) is 18.9 Å². The Bertz CT molecular complexity index is 1580. The zero-order valence-corrected chi connectivity index (χ0v) is 21.9. The van der Waals surface area contributed by atoms with Crippen LogP contribution < -0.4 is 4.74 Å². The van der Waals surface area contributed by atoms with E-state index in [1.807, 2.05) is 32.5 Å². The summed E-state index contributed by atoms with van der Waals surface area (Å²) in [6.07, 6.45) is 0.674. The molecule has 0 amide bonds. The molecular weight excluding hydrogens is 440 g/mol. The van der Waals surface area contributed by atoms with E-state index in [4.69, 9.17) is 24.3 Å². The van der Waals surface area contributed by atoms with Crippen LogP contribution in [0.25, 0.3) is 33.1 Å². The van der Waals surface area contributed by atoms with Crippen LogP contribution in [-0.4, -0.2) is 37.0 Å². The summed E-state index contributed by atoms with van der Waals surface area (Å²) in [6.45, 7) is 14.5. The normalized spacial score (nSPS) is 12.3. The van der Waals surface area contributed by atoms with Crippen LogP contribution >= 0.6 is 0 Å². The van der Waals surface area contributed by atoms with Gasteiger partial charge in [-0.1, -0.05) is 25.9 Å². The first kappa shape index (κ1) is 23.1. The molecule has 0 aliphatic carbocycles. The Balaban J connectivity index is 1.76. The molecule has 8 nitrogen and oxygen atoms in total. The van der Waals surface area contributed by atoms with Crippen LogP contribution in [0.2, 0.25) is 0 Å². The Kier molecular flexibility index (Phi) is 5.23. The smallest absolute Gasteiger partial charge is 0.142 e. The molecule has 0 saturated heterocycles. The summed E-state index contributed by atoms with van der Waals surface area (Å²) in [5.74, 6) is 2.25. The first-order chi connectivity index (χ1) is 16.5. The van der Waals surface area contributed by atoms with Gasteiger partial charge in [0.05, 0.1) is 29.8 Å². The minimum Gasteiger partial charge on any atom is -0.496 e. The molecule has 35 heavy (non-hydrogen) atoms. The van der Waals surface area contributed by atoms with Crippen molar-refractivity contribution in [2.45, 2.75) is 60.3 Å². The highest BCUT2D eigenvalue weighted by molar-refractivity contribution is 6.09. The lowest BCUT2D eigenvalue weighted by Gasteiger charge is -2.21. The van der Waals surface area contributed by atoms with Crippen LogP contribution in [0.3, 0.4) is 0 Å². The van der Waals surface area contributed by atoms with Gasteiger partial charge in [-0.3, -0.25) is 4.68 Å². The van der Waals surface area contributed by atoms with Gasteiger partial charge in [0.25, 0.3) is 0 Å². The molecule has 0 aliphatic rings. The predicted octanol–water partition coefficient (Wildman–Crippen LogP) is 5.63. The first-order valence-corrected chi connectivity index (χ1v) is 11.8. The molecule has 0 unspecified atom stereocenters. The van der Waals surface area contributed by atoms with Gasteiger partial charge in [0, 0.05) is 52.0 Å². The van der Waals surface area contributed by atoms with Crippen molar-refractivity contribution < 1.29 is 9.26 Å². The van der Waals surface area contributed by atoms with Crippen molar-refractivity contribution in [2.24, 2.45) is 7.05 Å². The number of fused-ring (bicyclic) bond motifs is 3. The molecule has 0 saturated carbocycles. The summed E-state index contributed by atoms with van der Waals surface area (Å²) in [6, 6.07) is 4.16. The Morgan fingerprint density at radius 3 is 2.43 bits per heavy atom. The lowest BCUT2D eigenvalue weighted by Crippen LogP contribution is -2.19. The van der Waals surface area contributed by atoms with E-state index in [-0.39, 0.29) is 5.41 Å². The average molecular weight is 473 g/mol. The van der Waals surface area contributed by atoms with E-state index in [0.29, 0.717) is 6.42 Å². The summed E-state index contributed by atoms with van der Waals surface area (Å²) in [5.41, 5.74) is 8.90. The van der Waals surface area contributed by atoms with E-state index in [9.17, 15) is 0 Å². The fraction of sp³-hybridized carbons (Fsp3) is 0.407. The second-order valence-electron chi connectivity index (χ2n) is 10.3. The van der Waals surface area contributed by atoms with Gasteiger partial charge in [0.15, 0.2) is 0 Å². The lowest BCUT2D eigenvalue weighted by atomic mass is 9.87. The second-order valence-corrected chi connectivity index (χ2v) is 10.3. The van der Waals surface area contributed by atoms with Gasteiger partial charge in [-0.05, 0) is 39.8 Å². The fourth-order valence-electron chi connectivity index (χ4n) is 5.40. The summed E-state index contributed by atoms with van der Waals surface area (Å²) in [7, 11) is 3.71. The summed E-state index contributed by atoms with van der Waals surface area (Å²) < 4.78 is 13.3. The van der Waals surface area contributed by atoms with Crippen LogP contribution in [0.5, 0.6) is 5.75 Å². The summed E-state index contributed by atoms with van der Waals surface area (Å²) >= 11 is 0. The van der Waals surface area contributed by atoms with Crippen LogP contribution in [0.4, 0.5) is 0 Å². The minimum atomic E-state index is -0.0424. The van der Waals surface area contributed by atoms with Gasteiger partial charge in [-0.2, -0.15) is 5.10 Å². The van der Waals surface area contributed by atoms with E-state index in [1.54, 1.807) is 7.11 Å². The molecular formula is C27H32N6O2. The highest BCUT2D eigenvalue weighted by Gasteiger charge is 2.27. The number of hydrogen-bond acceptors (Lipinski definition) is 6. The Morgan fingerprint density at radius 1 is 1.06 bits per heavy atom. The number of rotatable bonds is 4. The third-order valence-electron chi connectivity index (χ3n) is 6.66. The van der Waals surface area contributed by atoms with Gasteiger partial charge >= 0.3 is 0 Å². The van der Waals surface area contributed by atoms with E-state index in [2.05, 4.69) is 50.0 Å². The fourth-order valence-corrected chi connectivity index (χ4v) is 5.40. The van der Waals surface area contributed by atoms with Gasteiger partial charge in [-0.15, -0.1) is 0 Å². The number of aromatic nitrogens is 6. The summed E-state index contributed by atoms with van der Waals surface area (Å²) in [4.78, 5) is 13.2. The maximum atomic E-state index is 5.84. The molecule has 182 valence electrons. The summed E-state index contributed by atoms with van der Waals surface area (Å²) in [5, 5.41) is 10.9. The van der Waals surface area contributed by atoms with Gasteiger partial charge in [0.2, 0.25) is 0 Å². The minimum absolute atomic E-state index is 0.0424. The quantitative estimate of drug-likeness (QED) is 0.364. The van der Waals surface area contributed by atoms with E-state index in [0.717, 1.165) is 67.5 Å². The number of aromatic amines is 1. The van der Waals surface area contributed by atoms with Crippen molar-refractivity contribution in [3.63, 3.8) is 0 Å². The third-order valence-corrected chi connectivity index (χ3v) is 6.66. The number of methoxy groups -OCH3 is 1. The van der Waals surface area contributed by atoms with Crippen molar-refractivity contribution in [3.8, 4) is 16.9 Å². The molecule has 5 rings (SSSR count). The SMILES string of the molecule is COc1cc2c(cc1-c1c(C)noc1C)[nH]c1nc(C)nc(Cc3c(C)nn(C)c3C(C)(C)C)c12. The topological polar surface area (TPSA) is 94.7 Å². The zero-order valence-electron chi connectivity index (χ0n) is 21.9. The van der Waals surface area contributed by atoms with Gasteiger partial charge in [0.1, 0.15) is 23.0 Å². The van der Waals surface area contributed by atoms with Crippen molar-refractivity contribution >= 4 is 21.9 Å². The number of ether oxygens (including phenoxy) is 1. The highest BCUT2D eigenvalue weighted by atomic mass is 16.5.